The van der Waals surface area contributed by atoms with Crippen molar-refractivity contribution in [3.63, 3.8) is 0 Å². The topological polar surface area (TPSA) is 44.8 Å². The van der Waals surface area contributed by atoms with E-state index in [4.69, 9.17) is 4.74 Å². The van der Waals surface area contributed by atoms with Crippen LogP contribution in [0.1, 0.15) is 39.2 Å². The van der Waals surface area contributed by atoms with Gasteiger partial charge in [-0.1, -0.05) is 24.8 Å². The molecule has 2 atom stereocenters. The minimum atomic E-state index is -0.552. The average molecular weight is 424 g/mol. The first-order valence-electron chi connectivity index (χ1n) is 10.8. The van der Waals surface area contributed by atoms with Crippen molar-refractivity contribution in [1.82, 2.24) is 10.2 Å². The molecule has 2 heterocycles. The molecule has 164 valence electrons. The van der Waals surface area contributed by atoms with Gasteiger partial charge in [0.2, 0.25) is 0 Å². The zero-order valence-electron chi connectivity index (χ0n) is 18.4. The maximum absolute atomic E-state index is 13.9. The number of ether oxygens (including phenoxy) is 1. The van der Waals surface area contributed by atoms with Crippen molar-refractivity contribution >= 4 is 11.7 Å². The second-order valence-electron chi connectivity index (χ2n) is 8.84. The Labute approximate surface area is 183 Å². The summed E-state index contributed by atoms with van der Waals surface area (Å²) in [4.78, 5) is 16.9. The summed E-state index contributed by atoms with van der Waals surface area (Å²) in [5, 5.41) is 2.89. The van der Waals surface area contributed by atoms with Gasteiger partial charge < -0.3 is 10.1 Å². The fourth-order valence-corrected chi connectivity index (χ4v) is 4.81. The summed E-state index contributed by atoms with van der Waals surface area (Å²) in [6.07, 6.45) is 1.59. The summed E-state index contributed by atoms with van der Waals surface area (Å²) in [6.45, 7) is 12.0. The van der Waals surface area contributed by atoms with Gasteiger partial charge in [0.05, 0.1) is 11.6 Å². The smallest absolute Gasteiger partial charge is 0.326 e. The van der Waals surface area contributed by atoms with E-state index >= 15 is 0 Å². The van der Waals surface area contributed by atoms with Crippen LogP contribution in [0.25, 0.3) is 0 Å². The minimum absolute atomic E-state index is 0.135. The molecule has 0 radical (unpaired) electrons. The highest BCUT2D eigenvalue weighted by Gasteiger charge is 2.52. The van der Waals surface area contributed by atoms with Crippen molar-refractivity contribution in [1.29, 1.82) is 0 Å². The lowest BCUT2D eigenvalue weighted by molar-refractivity contribution is 0.114. The summed E-state index contributed by atoms with van der Waals surface area (Å²) in [6, 6.07) is 14.4. The molecule has 2 aromatic carbocycles. The number of nitrogens with zero attached hydrogens (tertiary/aromatic N) is 2. The Morgan fingerprint density at radius 2 is 2.03 bits per heavy atom. The lowest BCUT2D eigenvalue weighted by Crippen LogP contribution is -2.56. The molecule has 0 bridgehead atoms. The molecular formula is C25H30FN3O2. The zero-order chi connectivity index (χ0) is 22.2. The predicted octanol–water partition coefficient (Wildman–Crippen LogP) is 5.08. The van der Waals surface area contributed by atoms with Crippen LogP contribution >= 0.6 is 0 Å². The van der Waals surface area contributed by atoms with Crippen LogP contribution < -0.4 is 15.0 Å². The minimum Gasteiger partial charge on any atom is -0.491 e. The van der Waals surface area contributed by atoms with Crippen LogP contribution in [0.4, 0.5) is 14.9 Å². The Kier molecular flexibility index (Phi) is 5.75. The fourth-order valence-electron chi connectivity index (χ4n) is 4.81. The van der Waals surface area contributed by atoms with Crippen LogP contribution in [0.5, 0.6) is 5.75 Å². The Balaban J connectivity index is 1.53. The maximum Gasteiger partial charge on any atom is 0.326 e. The standard InChI is InChI=1S/C25H30FN3O2/c1-17(2)31-23-10-5-7-20(13-23)16-28-12-11-25(15-18(28)3)19(4)27-24(30)29(25)22-9-6-8-21(26)14-22/h5-10,13-14,17-18H,4,11-12,15-16H2,1-3H3,(H,27,30)/t18-,25+/m0/s1. The highest BCUT2D eigenvalue weighted by molar-refractivity contribution is 5.99. The van der Waals surface area contributed by atoms with E-state index in [0.717, 1.165) is 31.7 Å². The van der Waals surface area contributed by atoms with Crippen LogP contribution in [0.3, 0.4) is 0 Å². The molecule has 2 fully saturated rings. The van der Waals surface area contributed by atoms with Gasteiger partial charge in [0, 0.05) is 30.5 Å². The van der Waals surface area contributed by atoms with Crippen molar-refractivity contribution in [2.24, 2.45) is 0 Å². The average Bonchev–Trinajstić information content (AvgIpc) is 2.93. The van der Waals surface area contributed by atoms with Gasteiger partial charge in [-0.3, -0.25) is 9.80 Å². The molecule has 0 saturated carbocycles. The third-order valence-corrected chi connectivity index (χ3v) is 6.24. The fraction of sp³-hybridized carbons (Fsp3) is 0.400. The number of hydrogen-bond acceptors (Lipinski definition) is 3. The van der Waals surface area contributed by atoms with E-state index in [9.17, 15) is 9.18 Å². The Morgan fingerprint density at radius 3 is 2.74 bits per heavy atom. The monoisotopic (exact) mass is 423 g/mol. The molecular weight excluding hydrogens is 393 g/mol. The lowest BCUT2D eigenvalue weighted by Gasteiger charge is -2.47. The number of benzene rings is 2. The van der Waals surface area contributed by atoms with Crippen molar-refractivity contribution in [2.45, 2.75) is 57.8 Å². The van der Waals surface area contributed by atoms with E-state index < -0.39 is 5.54 Å². The number of carbonyl (C=O) groups is 1. The molecule has 0 aromatic heterocycles. The Bertz CT molecular complexity index is 992. The van der Waals surface area contributed by atoms with Gasteiger partial charge in [0.1, 0.15) is 11.6 Å². The normalized spacial score (nSPS) is 24.2. The predicted molar refractivity (Wildman–Crippen MR) is 121 cm³/mol. The summed E-state index contributed by atoms with van der Waals surface area (Å²) in [7, 11) is 0. The number of hydrogen-bond donors (Lipinski definition) is 1. The third-order valence-electron chi connectivity index (χ3n) is 6.24. The first kappa shape index (κ1) is 21.4. The molecule has 2 amide bonds. The lowest BCUT2D eigenvalue weighted by atomic mass is 9.80. The SMILES string of the molecule is C=C1NC(=O)N(c2cccc(F)c2)[C@@]12CCN(Cc1cccc(OC(C)C)c1)[C@@H](C)C2. The summed E-state index contributed by atoms with van der Waals surface area (Å²) in [5.41, 5.74) is 1.90. The van der Waals surface area contributed by atoms with Crippen molar-refractivity contribution in [3.8, 4) is 5.75 Å². The second-order valence-corrected chi connectivity index (χ2v) is 8.84. The number of urea groups is 1. The highest BCUT2D eigenvalue weighted by Crippen LogP contribution is 2.43. The van der Waals surface area contributed by atoms with E-state index in [1.54, 1.807) is 17.0 Å². The van der Waals surface area contributed by atoms with Gasteiger partial charge in [-0.05, 0) is 69.5 Å². The number of piperidine rings is 1. The van der Waals surface area contributed by atoms with E-state index in [1.165, 1.54) is 17.7 Å². The maximum atomic E-state index is 13.9. The van der Waals surface area contributed by atoms with Crippen molar-refractivity contribution < 1.29 is 13.9 Å². The molecule has 0 unspecified atom stereocenters. The van der Waals surface area contributed by atoms with Gasteiger partial charge >= 0.3 is 6.03 Å². The van der Waals surface area contributed by atoms with Gasteiger partial charge in [-0.2, -0.15) is 0 Å². The molecule has 1 spiro atoms. The zero-order valence-corrected chi connectivity index (χ0v) is 18.4. The number of likely N-dealkylation sites (tertiary alicyclic amines) is 1. The molecule has 2 saturated heterocycles. The van der Waals surface area contributed by atoms with E-state index in [1.807, 2.05) is 26.0 Å². The summed E-state index contributed by atoms with van der Waals surface area (Å²) < 4.78 is 19.7. The molecule has 4 rings (SSSR count). The highest BCUT2D eigenvalue weighted by atomic mass is 19.1. The van der Waals surface area contributed by atoms with E-state index in [2.05, 4.69) is 35.9 Å². The second kappa shape index (κ2) is 8.35. The molecule has 2 aromatic rings. The Morgan fingerprint density at radius 1 is 1.26 bits per heavy atom. The van der Waals surface area contributed by atoms with Crippen LogP contribution in [-0.4, -0.2) is 35.2 Å². The van der Waals surface area contributed by atoms with Crippen LogP contribution in [0.15, 0.2) is 60.8 Å². The molecule has 6 heteroatoms. The molecule has 2 aliphatic rings. The van der Waals surface area contributed by atoms with Crippen molar-refractivity contribution in [3.05, 3.63) is 72.2 Å². The Hall–Kier alpha value is -2.86. The number of carbonyl (C=O) groups excluding carboxylic acids is 1. The van der Waals surface area contributed by atoms with E-state index in [-0.39, 0.29) is 24.0 Å². The molecule has 0 aliphatic carbocycles. The molecule has 1 N–H and O–H groups in total. The first-order chi connectivity index (χ1) is 14.8. The summed E-state index contributed by atoms with van der Waals surface area (Å²) in [5.74, 6) is 0.525. The number of halogens is 1. The third kappa shape index (κ3) is 4.17. The summed E-state index contributed by atoms with van der Waals surface area (Å²) >= 11 is 0. The number of amides is 2. The molecule has 31 heavy (non-hydrogen) atoms. The number of anilines is 1. The molecule has 2 aliphatic heterocycles. The van der Waals surface area contributed by atoms with Gasteiger partial charge in [0.15, 0.2) is 0 Å². The largest absolute Gasteiger partial charge is 0.491 e. The number of nitrogens with one attached hydrogen (secondary N) is 1. The van der Waals surface area contributed by atoms with Crippen LogP contribution in [0.2, 0.25) is 0 Å². The van der Waals surface area contributed by atoms with E-state index in [0.29, 0.717) is 11.4 Å². The van der Waals surface area contributed by atoms with Crippen LogP contribution in [0, 0.1) is 5.82 Å². The van der Waals surface area contributed by atoms with Crippen LogP contribution in [-0.2, 0) is 6.54 Å². The van der Waals surface area contributed by atoms with Crippen molar-refractivity contribution in [2.75, 3.05) is 11.4 Å². The van der Waals surface area contributed by atoms with Gasteiger partial charge in [-0.25, -0.2) is 9.18 Å². The first-order valence-corrected chi connectivity index (χ1v) is 10.8. The number of rotatable bonds is 5. The molecule has 5 nitrogen and oxygen atoms in total. The quantitative estimate of drug-likeness (QED) is 0.730. The van der Waals surface area contributed by atoms with Gasteiger partial charge in [0.25, 0.3) is 0 Å². The van der Waals surface area contributed by atoms with Gasteiger partial charge in [-0.15, -0.1) is 0 Å².